The molecule has 1 aromatic carbocycles. The van der Waals surface area contributed by atoms with E-state index in [-0.39, 0.29) is 23.5 Å². The van der Waals surface area contributed by atoms with Crippen LogP contribution in [-0.4, -0.2) is 28.2 Å². The number of carbonyl (C=O) groups is 2. The van der Waals surface area contributed by atoms with Crippen molar-refractivity contribution in [1.82, 2.24) is 4.90 Å². The van der Waals surface area contributed by atoms with Crippen LogP contribution >= 0.6 is 11.3 Å². The summed E-state index contributed by atoms with van der Waals surface area (Å²) >= 11 is 1.53. The smallest absolute Gasteiger partial charge is 0.290 e. The molecule has 0 aliphatic carbocycles. The summed E-state index contributed by atoms with van der Waals surface area (Å²) in [6, 6.07) is 11.3. The summed E-state index contributed by atoms with van der Waals surface area (Å²) in [6.45, 7) is 4.58. The van der Waals surface area contributed by atoms with E-state index in [0.29, 0.717) is 13.0 Å². The van der Waals surface area contributed by atoms with Gasteiger partial charge in [-0.05, 0) is 42.3 Å². The van der Waals surface area contributed by atoms with Crippen molar-refractivity contribution in [3.05, 3.63) is 69.1 Å². The number of hydrogen-bond acceptors (Lipinski definition) is 4. The van der Waals surface area contributed by atoms with Crippen LogP contribution in [0.5, 0.6) is 0 Å². The first-order valence-electron chi connectivity index (χ1n) is 9.39. The third-order valence-corrected chi connectivity index (χ3v) is 6.06. The van der Waals surface area contributed by atoms with Gasteiger partial charge in [0, 0.05) is 17.8 Å². The SMILES string of the molecule is CCCCN1C(=O)C(O)=C(C(=O)CCc2ccccc2)C1c1sccc1C. The molecule has 1 aliphatic rings. The molecule has 2 heterocycles. The van der Waals surface area contributed by atoms with Crippen LogP contribution in [0, 0.1) is 6.92 Å². The fourth-order valence-electron chi connectivity index (χ4n) is 3.47. The maximum atomic E-state index is 13.0. The minimum atomic E-state index is -0.465. The minimum Gasteiger partial charge on any atom is -0.503 e. The molecule has 1 amide bonds. The predicted octanol–water partition coefficient (Wildman–Crippen LogP) is 4.75. The first-order valence-corrected chi connectivity index (χ1v) is 10.3. The first kappa shape index (κ1) is 19.4. The highest BCUT2D eigenvalue weighted by Gasteiger charge is 2.43. The number of benzene rings is 1. The number of aryl methyl sites for hydroxylation is 2. The van der Waals surface area contributed by atoms with Crippen molar-refractivity contribution in [2.24, 2.45) is 0 Å². The third-order valence-electron chi connectivity index (χ3n) is 4.99. The zero-order valence-corrected chi connectivity index (χ0v) is 16.6. The number of Topliss-reactive ketones (excluding diaryl/α,β-unsaturated/α-hetero) is 1. The van der Waals surface area contributed by atoms with E-state index in [9.17, 15) is 14.7 Å². The van der Waals surface area contributed by atoms with Crippen molar-refractivity contribution < 1.29 is 14.7 Å². The lowest BCUT2D eigenvalue weighted by Gasteiger charge is -2.26. The van der Waals surface area contributed by atoms with Gasteiger partial charge in [0.1, 0.15) is 0 Å². The van der Waals surface area contributed by atoms with Crippen molar-refractivity contribution in [3.8, 4) is 0 Å². The number of ketones is 1. The van der Waals surface area contributed by atoms with Crippen molar-refractivity contribution in [3.63, 3.8) is 0 Å². The second-order valence-corrected chi connectivity index (χ2v) is 7.84. The van der Waals surface area contributed by atoms with Crippen LogP contribution in [0.4, 0.5) is 0 Å². The summed E-state index contributed by atoms with van der Waals surface area (Å²) in [5.74, 6) is -0.951. The largest absolute Gasteiger partial charge is 0.503 e. The summed E-state index contributed by atoms with van der Waals surface area (Å²) in [5, 5.41) is 12.5. The molecule has 0 saturated heterocycles. The van der Waals surface area contributed by atoms with Crippen LogP contribution in [0.1, 0.15) is 48.2 Å². The summed E-state index contributed by atoms with van der Waals surface area (Å²) in [4.78, 5) is 28.3. The molecular weight excluding hydrogens is 358 g/mol. The van der Waals surface area contributed by atoms with Gasteiger partial charge in [-0.3, -0.25) is 9.59 Å². The molecule has 1 aliphatic heterocycles. The molecule has 0 fully saturated rings. The van der Waals surface area contributed by atoms with Crippen molar-refractivity contribution in [2.45, 2.75) is 45.6 Å². The zero-order valence-electron chi connectivity index (χ0n) is 15.8. The molecule has 5 heteroatoms. The van der Waals surface area contributed by atoms with Crippen molar-refractivity contribution >= 4 is 23.0 Å². The van der Waals surface area contributed by atoms with Crippen molar-refractivity contribution in [2.75, 3.05) is 6.54 Å². The highest BCUT2D eigenvalue weighted by atomic mass is 32.1. The van der Waals surface area contributed by atoms with E-state index in [1.807, 2.05) is 48.7 Å². The lowest BCUT2D eigenvalue weighted by molar-refractivity contribution is -0.129. The Bertz CT molecular complexity index is 853. The molecule has 3 rings (SSSR count). The van der Waals surface area contributed by atoms with E-state index in [0.717, 1.165) is 28.8 Å². The van der Waals surface area contributed by atoms with Gasteiger partial charge in [-0.25, -0.2) is 0 Å². The molecule has 1 atom stereocenters. The van der Waals surface area contributed by atoms with Gasteiger partial charge in [-0.1, -0.05) is 43.7 Å². The Kier molecular flexibility index (Phi) is 6.11. The van der Waals surface area contributed by atoms with Gasteiger partial charge in [-0.15, -0.1) is 11.3 Å². The molecule has 0 spiro atoms. The fourth-order valence-corrected chi connectivity index (χ4v) is 4.52. The number of nitrogens with zero attached hydrogens (tertiary/aromatic N) is 1. The number of amides is 1. The number of rotatable bonds is 8. The Hall–Kier alpha value is -2.40. The summed E-state index contributed by atoms with van der Waals surface area (Å²) < 4.78 is 0. The Morgan fingerprint density at radius 1 is 1.22 bits per heavy atom. The number of unbranched alkanes of at least 4 members (excludes halogenated alkanes) is 1. The van der Waals surface area contributed by atoms with Crippen LogP contribution in [0.2, 0.25) is 0 Å². The van der Waals surface area contributed by atoms with Crippen LogP contribution in [-0.2, 0) is 16.0 Å². The summed E-state index contributed by atoms with van der Waals surface area (Å²) in [5.41, 5.74) is 2.38. The molecule has 1 N–H and O–H groups in total. The molecule has 0 bridgehead atoms. The van der Waals surface area contributed by atoms with Gasteiger partial charge in [0.15, 0.2) is 11.5 Å². The highest BCUT2D eigenvalue weighted by Crippen LogP contribution is 2.41. The Labute approximate surface area is 164 Å². The van der Waals surface area contributed by atoms with E-state index < -0.39 is 11.9 Å². The molecule has 0 radical (unpaired) electrons. The lowest BCUT2D eigenvalue weighted by Crippen LogP contribution is -2.32. The molecular formula is C22H25NO3S. The van der Waals surface area contributed by atoms with E-state index in [4.69, 9.17) is 0 Å². The van der Waals surface area contributed by atoms with Crippen LogP contribution in [0.25, 0.3) is 0 Å². The van der Waals surface area contributed by atoms with Gasteiger partial charge in [0.25, 0.3) is 5.91 Å². The third kappa shape index (κ3) is 3.98. The van der Waals surface area contributed by atoms with Crippen LogP contribution < -0.4 is 0 Å². The van der Waals surface area contributed by atoms with Gasteiger partial charge in [0.2, 0.25) is 0 Å². The molecule has 1 aromatic heterocycles. The van der Waals surface area contributed by atoms with Crippen molar-refractivity contribution in [1.29, 1.82) is 0 Å². The molecule has 4 nitrogen and oxygen atoms in total. The number of aliphatic hydroxyl groups is 1. The molecule has 0 saturated carbocycles. The topological polar surface area (TPSA) is 57.6 Å². The average Bonchev–Trinajstić information content (AvgIpc) is 3.20. The Balaban J connectivity index is 1.88. The second kappa shape index (κ2) is 8.53. The monoisotopic (exact) mass is 383 g/mol. The number of carbonyl (C=O) groups excluding carboxylic acids is 2. The lowest BCUT2D eigenvalue weighted by atomic mass is 9.96. The van der Waals surface area contributed by atoms with E-state index in [1.54, 1.807) is 4.90 Å². The normalized spacial score (nSPS) is 17.0. The maximum absolute atomic E-state index is 13.0. The minimum absolute atomic E-state index is 0.151. The quantitative estimate of drug-likeness (QED) is 0.715. The number of thiophene rings is 1. The van der Waals surface area contributed by atoms with Crippen LogP contribution in [0.15, 0.2) is 53.1 Å². The van der Waals surface area contributed by atoms with Gasteiger partial charge in [0.05, 0.1) is 11.6 Å². The molecule has 1 unspecified atom stereocenters. The Morgan fingerprint density at radius 2 is 1.96 bits per heavy atom. The molecule has 2 aromatic rings. The van der Waals surface area contributed by atoms with E-state index in [2.05, 4.69) is 6.92 Å². The van der Waals surface area contributed by atoms with E-state index in [1.165, 1.54) is 11.3 Å². The van der Waals surface area contributed by atoms with E-state index >= 15 is 0 Å². The molecule has 27 heavy (non-hydrogen) atoms. The standard InChI is InChI=1S/C22H25NO3S/c1-3-4-13-23-19(21-15(2)12-14-27-21)18(20(25)22(23)26)17(24)11-10-16-8-6-5-7-9-16/h5-9,12,14,19,25H,3-4,10-11,13H2,1-2H3. The molecule has 142 valence electrons. The maximum Gasteiger partial charge on any atom is 0.290 e. The Morgan fingerprint density at radius 3 is 2.59 bits per heavy atom. The highest BCUT2D eigenvalue weighted by molar-refractivity contribution is 7.10. The first-order chi connectivity index (χ1) is 13.0. The van der Waals surface area contributed by atoms with Gasteiger partial charge < -0.3 is 10.0 Å². The fraction of sp³-hybridized carbons (Fsp3) is 0.364. The number of aliphatic hydroxyl groups excluding tert-OH is 1. The van der Waals surface area contributed by atoms with Crippen LogP contribution in [0.3, 0.4) is 0 Å². The summed E-state index contributed by atoms with van der Waals surface area (Å²) in [7, 11) is 0. The van der Waals surface area contributed by atoms with Gasteiger partial charge in [-0.2, -0.15) is 0 Å². The average molecular weight is 384 g/mol. The second-order valence-electron chi connectivity index (χ2n) is 6.89. The predicted molar refractivity (Wildman–Crippen MR) is 108 cm³/mol. The summed E-state index contributed by atoms with van der Waals surface area (Å²) in [6.07, 6.45) is 2.65. The number of hydrogen-bond donors (Lipinski definition) is 1. The van der Waals surface area contributed by atoms with Gasteiger partial charge >= 0.3 is 0 Å². The zero-order chi connectivity index (χ0) is 19.4.